The zero-order valence-electron chi connectivity index (χ0n) is 12.5. The first kappa shape index (κ1) is 16.4. The summed E-state index contributed by atoms with van der Waals surface area (Å²) in [5.41, 5.74) is 5.52. The fourth-order valence-corrected chi connectivity index (χ4v) is 2.25. The number of hydrogen-bond acceptors (Lipinski definition) is 4. The highest BCUT2D eigenvalue weighted by molar-refractivity contribution is 5.77. The van der Waals surface area contributed by atoms with Gasteiger partial charge in [-0.15, -0.1) is 0 Å². The van der Waals surface area contributed by atoms with Crippen molar-refractivity contribution in [2.24, 2.45) is 11.7 Å². The maximum absolute atomic E-state index is 11.8. The summed E-state index contributed by atoms with van der Waals surface area (Å²) in [7, 11) is 0. The van der Waals surface area contributed by atoms with Crippen LogP contribution < -0.4 is 11.1 Å². The van der Waals surface area contributed by atoms with Crippen molar-refractivity contribution in [3.63, 3.8) is 0 Å². The Morgan fingerprint density at radius 1 is 1.21 bits per heavy atom. The Balaban J connectivity index is 2.09. The summed E-state index contributed by atoms with van der Waals surface area (Å²) < 4.78 is 0. The monoisotopic (exact) mass is 270 g/mol. The molecular weight excluding hydrogens is 240 g/mol. The Kier molecular flexibility index (Phi) is 8.02. The number of amides is 1. The maximum atomic E-state index is 11.8. The molecule has 0 unspecified atom stereocenters. The molecule has 1 aliphatic heterocycles. The quantitative estimate of drug-likeness (QED) is 0.657. The van der Waals surface area contributed by atoms with E-state index in [0.29, 0.717) is 12.5 Å². The van der Waals surface area contributed by atoms with E-state index in [2.05, 4.69) is 29.0 Å². The van der Waals surface area contributed by atoms with Gasteiger partial charge in [0.2, 0.25) is 5.91 Å². The lowest BCUT2D eigenvalue weighted by Crippen LogP contribution is -2.49. The van der Waals surface area contributed by atoms with E-state index in [1.54, 1.807) is 0 Å². The highest BCUT2D eigenvalue weighted by Gasteiger charge is 2.18. The van der Waals surface area contributed by atoms with Crippen molar-refractivity contribution in [3.05, 3.63) is 0 Å². The smallest absolute Gasteiger partial charge is 0.234 e. The number of rotatable bonds is 8. The zero-order valence-corrected chi connectivity index (χ0v) is 12.5. The summed E-state index contributed by atoms with van der Waals surface area (Å²) in [6, 6.07) is 0. The molecule has 3 N–H and O–H groups in total. The maximum Gasteiger partial charge on any atom is 0.234 e. The van der Waals surface area contributed by atoms with Crippen molar-refractivity contribution < 1.29 is 4.79 Å². The van der Waals surface area contributed by atoms with Gasteiger partial charge in [-0.25, -0.2) is 0 Å². The van der Waals surface area contributed by atoms with Crippen LogP contribution in [0.5, 0.6) is 0 Å². The second kappa shape index (κ2) is 9.28. The molecule has 0 spiro atoms. The molecule has 1 heterocycles. The van der Waals surface area contributed by atoms with Crippen LogP contribution in [0.4, 0.5) is 0 Å². The first-order valence-corrected chi connectivity index (χ1v) is 7.53. The van der Waals surface area contributed by atoms with E-state index in [4.69, 9.17) is 5.73 Å². The molecule has 1 saturated heterocycles. The van der Waals surface area contributed by atoms with E-state index >= 15 is 0 Å². The predicted molar refractivity (Wildman–Crippen MR) is 79.0 cm³/mol. The van der Waals surface area contributed by atoms with Crippen LogP contribution in [0.15, 0.2) is 0 Å². The number of nitrogens with two attached hydrogens (primary N) is 1. The summed E-state index contributed by atoms with van der Waals surface area (Å²) in [5.74, 6) is 0.808. The molecule has 0 bridgehead atoms. The molecule has 0 aromatic heterocycles. The van der Waals surface area contributed by atoms with Gasteiger partial charge in [0.15, 0.2) is 0 Å². The van der Waals surface area contributed by atoms with Crippen molar-refractivity contribution in [1.29, 1.82) is 0 Å². The summed E-state index contributed by atoms with van der Waals surface area (Å²) in [6.07, 6.45) is 2.12. The average molecular weight is 270 g/mol. The number of carbonyl (C=O) groups is 1. The highest BCUT2D eigenvalue weighted by Crippen LogP contribution is 2.02. The number of piperazine rings is 1. The van der Waals surface area contributed by atoms with Gasteiger partial charge in [-0.2, -0.15) is 0 Å². The van der Waals surface area contributed by atoms with Gasteiger partial charge in [-0.05, 0) is 31.8 Å². The molecule has 0 aliphatic carbocycles. The molecule has 1 amide bonds. The summed E-state index contributed by atoms with van der Waals surface area (Å²) in [5, 5.41) is 3.00. The number of nitrogens with zero attached hydrogens (tertiary/aromatic N) is 2. The third-order valence-electron chi connectivity index (χ3n) is 3.55. The molecule has 0 radical (unpaired) electrons. The van der Waals surface area contributed by atoms with Gasteiger partial charge in [0, 0.05) is 32.7 Å². The van der Waals surface area contributed by atoms with Crippen LogP contribution in [-0.2, 0) is 4.79 Å². The highest BCUT2D eigenvalue weighted by atomic mass is 16.2. The van der Waals surface area contributed by atoms with E-state index in [1.807, 2.05) is 0 Å². The zero-order chi connectivity index (χ0) is 14.1. The molecule has 1 aliphatic rings. The van der Waals surface area contributed by atoms with E-state index in [1.165, 1.54) is 0 Å². The van der Waals surface area contributed by atoms with Crippen molar-refractivity contribution >= 4 is 5.91 Å². The Morgan fingerprint density at radius 2 is 1.84 bits per heavy atom. The number of hydrogen-bond donors (Lipinski definition) is 2. The third kappa shape index (κ3) is 7.50. The lowest BCUT2D eigenvalue weighted by atomic mass is 10.1. The van der Waals surface area contributed by atoms with E-state index in [0.717, 1.165) is 58.7 Å². The molecule has 0 atom stereocenters. The summed E-state index contributed by atoms with van der Waals surface area (Å²) >= 11 is 0. The first-order chi connectivity index (χ1) is 9.11. The van der Waals surface area contributed by atoms with E-state index in [9.17, 15) is 4.79 Å². The van der Waals surface area contributed by atoms with Crippen LogP contribution in [0.25, 0.3) is 0 Å². The Labute approximate surface area is 117 Å². The topological polar surface area (TPSA) is 61.6 Å². The van der Waals surface area contributed by atoms with E-state index < -0.39 is 0 Å². The molecule has 5 heteroatoms. The van der Waals surface area contributed by atoms with Crippen molar-refractivity contribution in [2.45, 2.75) is 26.7 Å². The lowest BCUT2D eigenvalue weighted by Gasteiger charge is -2.34. The van der Waals surface area contributed by atoms with E-state index in [-0.39, 0.29) is 5.91 Å². The van der Waals surface area contributed by atoms with Crippen LogP contribution in [0.1, 0.15) is 26.7 Å². The molecule has 1 rings (SSSR count). The first-order valence-electron chi connectivity index (χ1n) is 7.53. The predicted octanol–water partition coefficient (Wildman–Crippen LogP) is 0.115. The molecule has 0 saturated carbocycles. The van der Waals surface area contributed by atoms with Crippen LogP contribution in [0.2, 0.25) is 0 Å². The van der Waals surface area contributed by atoms with Gasteiger partial charge in [0.25, 0.3) is 0 Å². The second-order valence-corrected chi connectivity index (χ2v) is 5.79. The molecule has 0 aromatic carbocycles. The number of nitrogens with one attached hydrogen (secondary N) is 1. The van der Waals surface area contributed by atoms with Crippen molar-refractivity contribution in [3.8, 4) is 0 Å². The van der Waals surface area contributed by atoms with Crippen LogP contribution in [0.3, 0.4) is 0 Å². The fourth-order valence-electron chi connectivity index (χ4n) is 2.25. The molecule has 112 valence electrons. The minimum Gasteiger partial charge on any atom is -0.355 e. The minimum atomic E-state index is 0.163. The Morgan fingerprint density at radius 3 is 2.42 bits per heavy atom. The fraction of sp³-hybridized carbons (Fsp3) is 0.929. The van der Waals surface area contributed by atoms with Gasteiger partial charge in [0.1, 0.15) is 0 Å². The van der Waals surface area contributed by atoms with Crippen LogP contribution in [0, 0.1) is 5.92 Å². The third-order valence-corrected chi connectivity index (χ3v) is 3.55. The second-order valence-electron chi connectivity index (χ2n) is 5.79. The SMILES string of the molecule is CC(C)CCNC(=O)CN1CCN(CCCN)CC1. The van der Waals surface area contributed by atoms with Gasteiger partial charge < -0.3 is 16.0 Å². The van der Waals surface area contributed by atoms with Crippen LogP contribution in [-0.4, -0.2) is 68.1 Å². The van der Waals surface area contributed by atoms with Crippen LogP contribution >= 0.6 is 0 Å². The number of carbonyl (C=O) groups excluding carboxylic acids is 1. The standard InChI is InChI=1S/C14H30N4O/c1-13(2)4-6-16-14(19)12-18-10-8-17(9-11-18)7-3-5-15/h13H,3-12,15H2,1-2H3,(H,16,19). The lowest BCUT2D eigenvalue weighted by molar-refractivity contribution is -0.122. The van der Waals surface area contributed by atoms with Gasteiger partial charge >= 0.3 is 0 Å². The molecule has 5 nitrogen and oxygen atoms in total. The molecular formula is C14H30N4O. The summed E-state index contributed by atoms with van der Waals surface area (Å²) in [6.45, 7) is 11.6. The minimum absolute atomic E-state index is 0.163. The van der Waals surface area contributed by atoms with Gasteiger partial charge in [0.05, 0.1) is 6.54 Å². The molecule has 19 heavy (non-hydrogen) atoms. The van der Waals surface area contributed by atoms with Gasteiger partial charge in [-0.3, -0.25) is 9.69 Å². The van der Waals surface area contributed by atoms with Crippen molar-refractivity contribution in [1.82, 2.24) is 15.1 Å². The average Bonchev–Trinajstić information content (AvgIpc) is 2.37. The Bertz CT molecular complexity index is 250. The summed E-state index contributed by atoms with van der Waals surface area (Å²) in [4.78, 5) is 16.4. The van der Waals surface area contributed by atoms with Gasteiger partial charge in [-0.1, -0.05) is 13.8 Å². The normalized spacial score (nSPS) is 17.9. The molecule has 0 aromatic rings. The molecule has 1 fully saturated rings. The Hall–Kier alpha value is -0.650. The van der Waals surface area contributed by atoms with Crippen molar-refractivity contribution in [2.75, 3.05) is 52.4 Å². The largest absolute Gasteiger partial charge is 0.355 e.